The van der Waals surface area contributed by atoms with Crippen LogP contribution >= 0.6 is 0 Å². The molecule has 16 heteroatoms. The number of benzene rings is 1. The number of fused-ring (bicyclic) bond motifs is 4. The van der Waals surface area contributed by atoms with E-state index >= 15 is 0 Å². The molecule has 3 aliphatic heterocycles. The van der Waals surface area contributed by atoms with Gasteiger partial charge >= 0.3 is 6.09 Å². The lowest BCUT2D eigenvalue weighted by Crippen LogP contribution is -2.64. The zero-order valence-corrected chi connectivity index (χ0v) is 34.6. The number of aryl methyl sites for hydroxylation is 2. The average Bonchev–Trinajstić information content (AvgIpc) is 3.84. The molecule has 5 aliphatic rings. The van der Waals surface area contributed by atoms with E-state index < -0.39 is 79.4 Å². The number of rotatable bonds is 5. The lowest BCUT2D eigenvalue weighted by molar-refractivity contribution is -0.142. The number of aromatic nitrogens is 1. The number of carbonyl (C=O) groups is 4. The molecule has 58 heavy (non-hydrogen) atoms. The van der Waals surface area contributed by atoms with E-state index in [-0.39, 0.29) is 31.0 Å². The van der Waals surface area contributed by atoms with Gasteiger partial charge in [-0.25, -0.2) is 27.0 Å². The zero-order chi connectivity index (χ0) is 41.6. The third kappa shape index (κ3) is 8.26. The van der Waals surface area contributed by atoms with Crippen LogP contribution in [0.5, 0.6) is 5.75 Å². The molecule has 7 rings (SSSR count). The maximum atomic E-state index is 14.8. The first kappa shape index (κ1) is 41.8. The molecule has 2 saturated carbocycles. The van der Waals surface area contributed by atoms with Crippen molar-refractivity contribution < 1.29 is 45.9 Å². The van der Waals surface area contributed by atoms with Crippen LogP contribution in [0.25, 0.3) is 10.9 Å². The number of halogens is 2. The number of amides is 4. The smallest absolute Gasteiger partial charge is 0.408 e. The molecule has 4 amide bonds. The van der Waals surface area contributed by atoms with Gasteiger partial charge in [0.2, 0.25) is 21.8 Å². The second kappa shape index (κ2) is 16.0. The molecule has 1 spiro atoms. The molecule has 1 aromatic heterocycles. The number of hydrogen-bond acceptors (Lipinski definition) is 9. The second-order valence-electron chi connectivity index (χ2n) is 17.6. The molecule has 3 fully saturated rings. The van der Waals surface area contributed by atoms with Gasteiger partial charge < -0.3 is 25.0 Å². The summed E-state index contributed by atoms with van der Waals surface area (Å²) < 4.78 is 69.0. The number of carbonyl (C=O) groups excluding carboxylic acids is 4. The number of allylic oxidation sites excluding steroid dienone is 1. The first-order valence-corrected chi connectivity index (χ1v) is 22.2. The highest BCUT2D eigenvalue weighted by molar-refractivity contribution is 7.91. The van der Waals surface area contributed by atoms with Gasteiger partial charge in [-0.2, -0.15) is 0 Å². The Balaban J connectivity index is 1.24. The summed E-state index contributed by atoms with van der Waals surface area (Å²) in [5, 5.41) is 6.10. The van der Waals surface area contributed by atoms with Crippen molar-refractivity contribution in [1.82, 2.24) is 25.2 Å². The summed E-state index contributed by atoms with van der Waals surface area (Å²) in [4.78, 5) is 63.0. The summed E-state index contributed by atoms with van der Waals surface area (Å²) in [7, 11) is -4.07. The molecular weight excluding hydrogens is 773 g/mol. The molecule has 2 aliphatic carbocycles. The van der Waals surface area contributed by atoms with Gasteiger partial charge in [-0.3, -0.25) is 19.1 Å². The Hall–Kier alpha value is -4.34. The van der Waals surface area contributed by atoms with E-state index in [1.54, 1.807) is 26.8 Å². The number of alkyl carbamates (subject to hydrolysis) is 1. The van der Waals surface area contributed by atoms with Crippen LogP contribution in [0.4, 0.5) is 13.6 Å². The van der Waals surface area contributed by atoms with Crippen LogP contribution in [-0.4, -0.2) is 82.7 Å². The van der Waals surface area contributed by atoms with Crippen LogP contribution in [0.3, 0.4) is 0 Å². The van der Waals surface area contributed by atoms with Gasteiger partial charge in [0.1, 0.15) is 35.1 Å². The number of ether oxygens (including phenoxy) is 2. The molecule has 316 valence electrons. The number of nitrogens with zero attached hydrogens (tertiary/aromatic N) is 2. The van der Waals surface area contributed by atoms with Crippen molar-refractivity contribution in [3.05, 3.63) is 47.2 Å². The van der Waals surface area contributed by atoms with Crippen LogP contribution in [0.2, 0.25) is 0 Å². The topological polar surface area (TPSA) is 173 Å². The Bertz CT molecular complexity index is 2120. The maximum absolute atomic E-state index is 14.8. The normalized spacial score (nSPS) is 29.9. The number of hydrogen-bond donors (Lipinski definition) is 3. The van der Waals surface area contributed by atoms with E-state index in [4.69, 9.17) is 9.47 Å². The van der Waals surface area contributed by atoms with Gasteiger partial charge in [-0.1, -0.05) is 38.3 Å². The van der Waals surface area contributed by atoms with Gasteiger partial charge in [-0.05, 0) is 97.5 Å². The van der Waals surface area contributed by atoms with Crippen molar-refractivity contribution in [3.63, 3.8) is 0 Å². The Labute approximate surface area is 338 Å². The van der Waals surface area contributed by atoms with E-state index in [0.29, 0.717) is 60.9 Å². The predicted octanol–water partition coefficient (Wildman–Crippen LogP) is 5.94. The molecule has 0 radical (unpaired) electrons. The first-order chi connectivity index (χ1) is 27.4. The summed E-state index contributed by atoms with van der Waals surface area (Å²) in [6.45, 7) is 6.40. The summed E-state index contributed by atoms with van der Waals surface area (Å²) in [5.41, 5.74) is -1.58. The lowest BCUT2D eigenvalue weighted by atomic mass is 9.84. The fourth-order valence-electron chi connectivity index (χ4n) is 8.88. The number of nitrogens with one attached hydrogen (secondary N) is 3. The van der Waals surface area contributed by atoms with Gasteiger partial charge in [0, 0.05) is 29.4 Å². The summed E-state index contributed by atoms with van der Waals surface area (Å²) in [6.07, 6.45) is 11.6. The molecular formula is C42H55F2N5O8S. The third-order valence-corrected chi connectivity index (χ3v) is 15.3. The molecule has 3 N–H and O–H groups in total. The fourth-order valence-corrected chi connectivity index (χ4v) is 10.2. The molecule has 5 atom stereocenters. The first-order valence-electron chi connectivity index (χ1n) is 20.7. The number of pyridine rings is 1. The van der Waals surface area contributed by atoms with E-state index in [1.807, 2.05) is 6.08 Å². The maximum Gasteiger partial charge on any atom is 0.408 e. The minimum absolute atomic E-state index is 0.0171. The highest BCUT2D eigenvalue weighted by atomic mass is 32.2. The average molecular weight is 828 g/mol. The minimum Gasteiger partial charge on any atom is -0.483 e. The zero-order valence-electron chi connectivity index (χ0n) is 33.8. The van der Waals surface area contributed by atoms with Crippen LogP contribution in [0.15, 0.2) is 24.3 Å². The van der Waals surface area contributed by atoms with Crippen molar-refractivity contribution >= 4 is 44.7 Å². The molecule has 0 unspecified atom stereocenters. The van der Waals surface area contributed by atoms with Crippen LogP contribution < -0.4 is 20.1 Å². The van der Waals surface area contributed by atoms with Crippen molar-refractivity contribution in [3.8, 4) is 5.75 Å². The predicted molar refractivity (Wildman–Crippen MR) is 211 cm³/mol. The second-order valence-corrected chi connectivity index (χ2v) is 19.7. The Morgan fingerprint density at radius 2 is 1.69 bits per heavy atom. The van der Waals surface area contributed by atoms with Crippen molar-refractivity contribution in [2.45, 2.75) is 158 Å². The van der Waals surface area contributed by atoms with Crippen LogP contribution in [0.1, 0.15) is 122 Å². The van der Waals surface area contributed by atoms with Gasteiger partial charge in [-0.15, -0.1) is 0 Å². The monoisotopic (exact) mass is 827 g/mol. The molecule has 4 heterocycles. The van der Waals surface area contributed by atoms with Gasteiger partial charge in [0.15, 0.2) is 11.6 Å². The molecule has 2 aromatic rings. The highest BCUT2D eigenvalue weighted by Crippen LogP contribution is 2.46. The quantitative estimate of drug-likeness (QED) is 0.309. The molecule has 1 saturated heterocycles. The van der Waals surface area contributed by atoms with Crippen molar-refractivity contribution in [2.75, 3.05) is 6.54 Å². The SMILES string of the molecule is Cc1nc2cc(F)c(F)cc2c2c1O[C@]1(CC2)C[C@H]2C(=O)N[C@@](C)(C(=O)NS(=O)(=O)C3(C)CC3)[C@@H](C)/C=C\CCCCC[C@H](NC(=O)OC3CCCCC3)C(=O)N2C1. The Morgan fingerprint density at radius 3 is 2.41 bits per heavy atom. The van der Waals surface area contributed by atoms with E-state index in [1.165, 1.54) is 11.8 Å². The van der Waals surface area contributed by atoms with E-state index in [0.717, 1.165) is 57.1 Å². The standard InChI is InChI=1S/C42H55F2N5O8S/c1-25-13-9-6-5-7-12-16-32(46-39(53)56-27-14-10-8-11-15-27)37(51)49-24-42(18-17-28-29-21-30(43)31(44)22-33(29)45-26(2)35(28)57-42)23-34(49)36(50)47-41(25,4)38(52)48-58(54,55)40(3)19-20-40/h9,13,21-22,25,27,32,34H,5-8,10-12,14-20,23-24H2,1-4H3,(H,46,53)(H,47,50)(H,48,52)/b13-9-/t25-,32-,34-,41+,42+/m0/s1. The molecule has 13 nitrogen and oxygen atoms in total. The van der Waals surface area contributed by atoms with Crippen LogP contribution in [0, 0.1) is 24.5 Å². The van der Waals surface area contributed by atoms with E-state index in [9.17, 15) is 36.4 Å². The molecule has 0 bridgehead atoms. The van der Waals surface area contributed by atoms with E-state index in [2.05, 4.69) is 20.3 Å². The number of sulfonamides is 1. The minimum atomic E-state index is -4.07. The van der Waals surface area contributed by atoms with Crippen LogP contribution in [-0.2, 0) is 35.6 Å². The largest absolute Gasteiger partial charge is 0.483 e. The third-order valence-electron chi connectivity index (χ3n) is 13.2. The Morgan fingerprint density at radius 1 is 1.00 bits per heavy atom. The van der Waals surface area contributed by atoms with Gasteiger partial charge in [0.05, 0.1) is 22.5 Å². The Kier molecular flexibility index (Phi) is 11.5. The summed E-state index contributed by atoms with van der Waals surface area (Å²) in [5.74, 6) is -4.47. The summed E-state index contributed by atoms with van der Waals surface area (Å²) >= 11 is 0. The fraction of sp³-hybridized carbons (Fsp3) is 0.643. The van der Waals surface area contributed by atoms with Crippen molar-refractivity contribution in [1.29, 1.82) is 0 Å². The van der Waals surface area contributed by atoms with Gasteiger partial charge in [0.25, 0.3) is 5.91 Å². The lowest BCUT2D eigenvalue weighted by Gasteiger charge is -2.36. The highest BCUT2D eigenvalue weighted by Gasteiger charge is 2.56. The van der Waals surface area contributed by atoms with Crippen molar-refractivity contribution in [2.24, 2.45) is 5.92 Å². The molecule has 1 aromatic carbocycles. The summed E-state index contributed by atoms with van der Waals surface area (Å²) in [6, 6.07) is -0.106.